The predicted octanol–water partition coefficient (Wildman–Crippen LogP) is 29.1. The van der Waals surface area contributed by atoms with Gasteiger partial charge in [0.2, 0.25) is 0 Å². The quantitative estimate of drug-likeness (QED) is 0.0653. The van der Waals surface area contributed by atoms with Crippen LogP contribution in [-0.2, 0) is 9.31 Å². The number of hydrogen-bond acceptors (Lipinski definition) is 6. The van der Waals surface area contributed by atoms with E-state index in [9.17, 15) is 0 Å². The molecule has 0 radical (unpaired) electrons. The monoisotopic (exact) mass is 1530 g/mol. The Morgan fingerprint density at radius 3 is 0.958 bits per heavy atom. The third-order valence-corrected chi connectivity index (χ3v) is 24.5. The third kappa shape index (κ3) is 12.8. The summed E-state index contributed by atoms with van der Waals surface area (Å²) in [5, 5.41) is 27.0. The van der Waals surface area contributed by atoms with Crippen LogP contribution in [0.4, 0.5) is 0 Å². The van der Waals surface area contributed by atoms with Gasteiger partial charge < -0.3 is 9.31 Å². The van der Waals surface area contributed by atoms with E-state index >= 15 is 0 Å². The Kier molecular flexibility index (Phi) is 17.8. The van der Waals surface area contributed by atoms with Crippen LogP contribution in [0, 0.1) is 0 Å². The summed E-state index contributed by atoms with van der Waals surface area (Å²) in [6, 6.07) is 139. The van der Waals surface area contributed by atoms with Crippen molar-refractivity contribution in [3.8, 4) is 78.4 Å². The van der Waals surface area contributed by atoms with Gasteiger partial charge in [0.05, 0.1) is 50.6 Å². The molecule has 22 aromatic rings. The van der Waals surface area contributed by atoms with Crippen LogP contribution in [0.1, 0.15) is 27.7 Å². The van der Waals surface area contributed by atoms with Crippen LogP contribution in [0.5, 0.6) is 0 Å². The summed E-state index contributed by atoms with van der Waals surface area (Å²) >= 11 is 6.12. The van der Waals surface area contributed by atoms with E-state index in [1.807, 2.05) is 42.5 Å². The Bertz CT molecular complexity index is 7820. The summed E-state index contributed by atoms with van der Waals surface area (Å²) < 4.78 is 12.8. The summed E-state index contributed by atoms with van der Waals surface area (Å²) in [6.07, 6.45) is 0. The highest BCUT2D eigenvalue weighted by molar-refractivity contribution is 6.61. The molecule has 4 aromatic heterocycles. The average molecular weight is 1530 g/mol. The highest BCUT2D eigenvalue weighted by Gasteiger charge is 2.52. The van der Waals surface area contributed by atoms with Crippen molar-refractivity contribution in [2.75, 3.05) is 0 Å². The third-order valence-electron chi connectivity index (χ3n) is 24.2. The fourth-order valence-electron chi connectivity index (χ4n) is 17.7. The zero-order valence-corrected chi connectivity index (χ0v) is 66.3. The number of pyridine rings is 4. The van der Waals surface area contributed by atoms with Crippen molar-refractivity contribution in [1.82, 2.24) is 19.9 Å². The second-order valence-corrected chi connectivity index (χ2v) is 32.2. The van der Waals surface area contributed by atoms with Crippen LogP contribution in [0.25, 0.3) is 208 Å². The van der Waals surface area contributed by atoms with Crippen LogP contribution < -0.4 is 5.59 Å². The number of hydrogen-bond donors (Lipinski definition) is 0. The standard InChI is InChI=1S/C52H32N2.C45H36BNO2.C13H8ClN/c1-3-14-35-30-38(26-24-33(35)12-1)50-42-18-6-7-19-43(42)51(39-27-25-34-13-2-4-15-36(34)31-39)46-32-37(28-29-44(46)50)47-22-11-23-49(53-47)52-45-20-8-5-16-40(45)41-17-9-10-21-48(41)54-52;1-44(2)45(3,4)49-46(48-44)41-19-11-18-40(47-41)33-24-25-38-39(28-33)43(35-23-21-30-13-6-8-15-32(30)27-35)37-17-10-9-16-36(37)42(38)34-22-20-29-12-5-7-14-31(29)26-34;14-13-11-7-2-1-5-9(11)10-6-3-4-8-12(10)15-13/h1-32H;5-28H,1-4H3;1-8H. The molecule has 0 N–H and O–H groups in total. The number of halogens is 1. The smallest absolute Gasteiger partial charge is 0.398 e. The van der Waals surface area contributed by atoms with Gasteiger partial charge in [-0.15, -0.1) is 0 Å². The molecule has 0 unspecified atom stereocenters. The Morgan fingerprint density at radius 2 is 0.525 bits per heavy atom. The van der Waals surface area contributed by atoms with Gasteiger partial charge in [0.1, 0.15) is 5.15 Å². The van der Waals surface area contributed by atoms with Crippen molar-refractivity contribution in [1.29, 1.82) is 0 Å². The van der Waals surface area contributed by atoms with Crippen LogP contribution >= 0.6 is 11.6 Å². The molecule has 0 amide bonds. The molecular weight excluding hydrogens is 1460 g/mol. The zero-order chi connectivity index (χ0) is 79.2. The van der Waals surface area contributed by atoms with E-state index in [-0.39, 0.29) is 0 Å². The molecule has 0 bridgehead atoms. The average Bonchev–Trinajstić information content (AvgIpc) is 0.924. The number of rotatable bonds is 8. The maximum atomic E-state index is 6.38. The van der Waals surface area contributed by atoms with E-state index in [1.54, 1.807) is 0 Å². The van der Waals surface area contributed by atoms with Gasteiger partial charge in [-0.2, -0.15) is 0 Å². The molecule has 1 saturated heterocycles. The molecule has 23 rings (SSSR count). The largest absolute Gasteiger partial charge is 0.514 e. The van der Waals surface area contributed by atoms with Gasteiger partial charge in [-0.1, -0.05) is 327 Å². The topological polar surface area (TPSA) is 70.0 Å². The Balaban J connectivity index is 0.000000125. The zero-order valence-electron chi connectivity index (χ0n) is 65.5. The van der Waals surface area contributed by atoms with Crippen LogP contribution in [0.3, 0.4) is 0 Å². The van der Waals surface area contributed by atoms with Crippen molar-refractivity contribution >= 4 is 154 Å². The number of benzene rings is 18. The van der Waals surface area contributed by atoms with Gasteiger partial charge in [0, 0.05) is 32.7 Å². The van der Waals surface area contributed by atoms with Gasteiger partial charge in [-0.05, 0) is 242 Å². The number of para-hydroxylation sites is 2. The minimum absolute atomic E-state index is 0.437. The first-order chi connectivity index (χ1) is 57.9. The maximum Gasteiger partial charge on any atom is 0.514 e. The summed E-state index contributed by atoms with van der Waals surface area (Å²) in [7, 11) is -0.526. The summed E-state index contributed by atoms with van der Waals surface area (Å²) in [5.74, 6) is 0. The molecule has 5 heterocycles. The summed E-state index contributed by atoms with van der Waals surface area (Å²) in [4.78, 5) is 20.0. The lowest BCUT2D eigenvalue weighted by Crippen LogP contribution is -2.41. The van der Waals surface area contributed by atoms with E-state index in [4.69, 9.17) is 35.9 Å². The van der Waals surface area contributed by atoms with Crippen molar-refractivity contribution in [3.63, 3.8) is 0 Å². The maximum absolute atomic E-state index is 6.38. The molecule has 6 nitrogen and oxygen atoms in total. The lowest BCUT2D eigenvalue weighted by molar-refractivity contribution is 0.00578. The van der Waals surface area contributed by atoms with Crippen LogP contribution in [0.2, 0.25) is 5.15 Å². The molecule has 1 aliphatic rings. The molecule has 0 aliphatic carbocycles. The van der Waals surface area contributed by atoms with Crippen molar-refractivity contribution in [2.45, 2.75) is 38.9 Å². The van der Waals surface area contributed by atoms with Gasteiger partial charge in [0.15, 0.2) is 0 Å². The van der Waals surface area contributed by atoms with E-state index in [2.05, 4.69) is 378 Å². The van der Waals surface area contributed by atoms with Gasteiger partial charge >= 0.3 is 7.12 Å². The highest BCUT2D eigenvalue weighted by Crippen LogP contribution is 2.49. The van der Waals surface area contributed by atoms with Gasteiger partial charge in [-0.3, -0.25) is 4.98 Å². The van der Waals surface area contributed by atoms with Crippen LogP contribution in [0.15, 0.2) is 388 Å². The molecule has 8 heteroatoms. The second-order valence-electron chi connectivity index (χ2n) is 31.8. The van der Waals surface area contributed by atoms with Crippen molar-refractivity contribution in [2.24, 2.45) is 0 Å². The van der Waals surface area contributed by atoms with E-state index in [1.165, 1.54) is 136 Å². The minimum Gasteiger partial charge on any atom is -0.398 e. The second kappa shape index (κ2) is 29.3. The first-order valence-corrected chi connectivity index (χ1v) is 40.7. The van der Waals surface area contributed by atoms with E-state index < -0.39 is 18.3 Å². The SMILES string of the molecule is CC1(C)OB(c2cccc(-c3ccc4c(-c5ccc6ccccc6c5)c5ccccc5c(-c5ccc6ccccc6c5)c4c3)n2)OC1(C)C.Clc1nc2ccccc2c2ccccc12.c1cc(-c2ccc3c(-c4ccc5ccccc5c4)c4ccccc4c(-c4ccc5ccccc5c4)c3c2)nc(-c2nc3ccccc3c3ccccc23)c1. The number of aromatic nitrogens is 4. The molecule has 0 saturated carbocycles. The fraction of sp³-hybridized carbons (Fsp3) is 0.0545. The number of fused-ring (bicyclic) bond motifs is 14. The normalized spacial score (nSPS) is 13.2. The van der Waals surface area contributed by atoms with Crippen LogP contribution in [-0.4, -0.2) is 38.3 Å². The van der Waals surface area contributed by atoms with Crippen molar-refractivity contribution < 1.29 is 9.31 Å². The van der Waals surface area contributed by atoms with Gasteiger partial charge in [0.25, 0.3) is 0 Å². The Labute approximate surface area is 689 Å². The lowest BCUT2D eigenvalue weighted by atomic mass is 9.83. The Morgan fingerprint density at radius 1 is 0.220 bits per heavy atom. The molecule has 1 fully saturated rings. The minimum atomic E-state index is -0.526. The number of nitrogens with zero attached hydrogens (tertiary/aromatic N) is 4. The van der Waals surface area contributed by atoms with Gasteiger partial charge in [-0.25, -0.2) is 15.0 Å². The summed E-state index contributed by atoms with van der Waals surface area (Å²) in [5.41, 5.74) is 17.3. The highest BCUT2D eigenvalue weighted by atomic mass is 35.5. The first-order valence-electron chi connectivity index (χ1n) is 40.3. The predicted molar refractivity (Wildman–Crippen MR) is 499 cm³/mol. The molecule has 18 aromatic carbocycles. The molecule has 118 heavy (non-hydrogen) atoms. The molecule has 0 atom stereocenters. The molecule has 0 spiro atoms. The van der Waals surface area contributed by atoms with E-state index in [0.717, 1.165) is 77.5 Å². The summed E-state index contributed by atoms with van der Waals surface area (Å²) in [6.45, 7) is 8.30. The Hall–Kier alpha value is -14.0. The fourth-order valence-corrected chi connectivity index (χ4v) is 18.0. The van der Waals surface area contributed by atoms with Crippen molar-refractivity contribution in [3.05, 3.63) is 393 Å². The molecule has 1 aliphatic heterocycles. The molecule has 558 valence electrons. The first kappa shape index (κ1) is 71.7. The molecular formula is C110H76BClN4O2. The van der Waals surface area contributed by atoms with E-state index in [0.29, 0.717) is 5.15 Å². The lowest BCUT2D eigenvalue weighted by Gasteiger charge is -2.32.